The topological polar surface area (TPSA) is 54.0 Å². The fourth-order valence-corrected chi connectivity index (χ4v) is 3.64. The van der Waals surface area contributed by atoms with Crippen molar-refractivity contribution < 1.29 is 26.7 Å². The van der Waals surface area contributed by atoms with Crippen molar-refractivity contribution in [2.45, 2.75) is 38.0 Å². The quantitative estimate of drug-likeness (QED) is 0.425. The van der Waals surface area contributed by atoms with Gasteiger partial charge in [0.2, 0.25) is 5.91 Å². The number of halogens is 5. The molecule has 34 heavy (non-hydrogen) atoms. The third kappa shape index (κ3) is 6.38. The molecule has 0 aliphatic heterocycles. The summed E-state index contributed by atoms with van der Waals surface area (Å²) in [5.41, 5.74) is 1.08. The number of nitrogens with zero attached hydrogens (tertiary/aromatic N) is 1. The maximum atomic E-state index is 13.9. The Balaban J connectivity index is 1.89. The second-order valence-corrected chi connectivity index (χ2v) is 7.92. The number of hydrogen-bond donors (Lipinski definition) is 2. The lowest BCUT2D eigenvalue weighted by atomic mass is 9.95. The lowest BCUT2D eigenvalue weighted by Gasteiger charge is -2.26. The molecule has 2 N–H and O–H groups in total. The highest BCUT2D eigenvalue weighted by atomic mass is 19.4. The molecule has 0 spiro atoms. The van der Waals surface area contributed by atoms with Crippen LogP contribution in [-0.2, 0) is 17.4 Å². The fraction of sp³-hybridized carbons (Fsp3) is 0.280. The largest absolute Gasteiger partial charge is 0.433 e. The van der Waals surface area contributed by atoms with Gasteiger partial charge in [-0.1, -0.05) is 30.3 Å². The van der Waals surface area contributed by atoms with E-state index in [0.717, 1.165) is 6.07 Å². The minimum absolute atomic E-state index is 0.336. The number of alkyl halides is 3. The molecule has 180 valence electrons. The first-order valence-electron chi connectivity index (χ1n) is 10.6. The van der Waals surface area contributed by atoms with E-state index in [1.165, 1.54) is 43.6 Å². The van der Waals surface area contributed by atoms with Gasteiger partial charge in [-0.15, -0.1) is 0 Å². The lowest BCUT2D eigenvalue weighted by molar-refractivity contribution is -0.141. The SMILES string of the molecule is CNC(=O)C(NC(CCc1ccc(C(F)(F)F)nc1)c1ccc(F)c(C)c1)c1cccc(F)c1. The fourth-order valence-electron chi connectivity index (χ4n) is 3.64. The molecular formula is C25H24F5N3O. The number of hydrogen-bond acceptors (Lipinski definition) is 3. The summed E-state index contributed by atoms with van der Waals surface area (Å²) in [7, 11) is 1.46. The Hall–Kier alpha value is -3.33. The van der Waals surface area contributed by atoms with Crippen molar-refractivity contribution in [1.82, 2.24) is 15.6 Å². The summed E-state index contributed by atoms with van der Waals surface area (Å²) in [6, 6.07) is 11.0. The van der Waals surface area contributed by atoms with Gasteiger partial charge in [-0.05, 0) is 66.3 Å². The van der Waals surface area contributed by atoms with Crippen molar-refractivity contribution >= 4 is 5.91 Å². The van der Waals surface area contributed by atoms with Crippen LogP contribution in [0.5, 0.6) is 0 Å². The van der Waals surface area contributed by atoms with Crippen LogP contribution in [0.15, 0.2) is 60.8 Å². The highest BCUT2D eigenvalue weighted by Gasteiger charge is 2.32. The van der Waals surface area contributed by atoms with Gasteiger partial charge in [0, 0.05) is 19.3 Å². The van der Waals surface area contributed by atoms with Crippen LogP contribution in [0.2, 0.25) is 0 Å². The molecule has 0 radical (unpaired) electrons. The van der Waals surface area contributed by atoms with Crippen LogP contribution in [0.1, 0.15) is 46.5 Å². The van der Waals surface area contributed by atoms with Crippen LogP contribution in [-0.4, -0.2) is 17.9 Å². The third-order valence-electron chi connectivity index (χ3n) is 5.48. The van der Waals surface area contributed by atoms with Crippen LogP contribution < -0.4 is 10.6 Å². The van der Waals surface area contributed by atoms with Gasteiger partial charge in [0.25, 0.3) is 0 Å². The van der Waals surface area contributed by atoms with Gasteiger partial charge < -0.3 is 5.32 Å². The van der Waals surface area contributed by atoms with Crippen LogP contribution in [0.3, 0.4) is 0 Å². The molecule has 0 saturated heterocycles. The van der Waals surface area contributed by atoms with Gasteiger partial charge in [0.15, 0.2) is 0 Å². The van der Waals surface area contributed by atoms with Crippen LogP contribution in [0.4, 0.5) is 22.0 Å². The van der Waals surface area contributed by atoms with E-state index < -0.39 is 35.7 Å². The summed E-state index contributed by atoms with van der Waals surface area (Å²) < 4.78 is 66.1. The number of carbonyl (C=O) groups is 1. The number of nitrogens with one attached hydrogen (secondary N) is 2. The van der Waals surface area contributed by atoms with Crippen LogP contribution in [0.25, 0.3) is 0 Å². The van der Waals surface area contributed by atoms with E-state index in [4.69, 9.17) is 0 Å². The molecule has 2 unspecified atom stereocenters. The van der Waals surface area contributed by atoms with Gasteiger partial charge in [0.05, 0.1) is 0 Å². The molecule has 0 aliphatic rings. The summed E-state index contributed by atoms with van der Waals surface area (Å²) in [5, 5.41) is 5.77. The van der Waals surface area contributed by atoms with Crippen molar-refractivity contribution in [3.8, 4) is 0 Å². The minimum Gasteiger partial charge on any atom is -0.358 e. The van der Waals surface area contributed by atoms with E-state index in [2.05, 4.69) is 15.6 Å². The zero-order valence-electron chi connectivity index (χ0n) is 18.6. The number of likely N-dealkylation sites (N-methyl/N-ethyl adjacent to an activating group) is 1. The van der Waals surface area contributed by atoms with Gasteiger partial charge in [-0.25, -0.2) is 8.78 Å². The molecule has 3 aromatic rings. The molecule has 2 aromatic carbocycles. The zero-order chi connectivity index (χ0) is 24.9. The van der Waals surface area contributed by atoms with E-state index >= 15 is 0 Å². The zero-order valence-corrected chi connectivity index (χ0v) is 18.6. The van der Waals surface area contributed by atoms with Gasteiger partial charge >= 0.3 is 6.18 Å². The Labute approximate surface area is 194 Å². The lowest BCUT2D eigenvalue weighted by Crippen LogP contribution is -2.38. The van der Waals surface area contributed by atoms with E-state index in [1.807, 2.05) is 0 Å². The first-order valence-corrected chi connectivity index (χ1v) is 10.6. The Bertz CT molecular complexity index is 1130. The average molecular weight is 477 g/mol. The molecule has 0 bridgehead atoms. The maximum Gasteiger partial charge on any atom is 0.433 e. The maximum absolute atomic E-state index is 13.9. The molecule has 0 aliphatic carbocycles. The number of rotatable bonds is 8. The van der Waals surface area contributed by atoms with E-state index in [-0.39, 0.29) is 5.82 Å². The number of aryl methyl sites for hydroxylation is 2. The molecular weight excluding hydrogens is 453 g/mol. The van der Waals surface area contributed by atoms with E-state index in [9.17, 15) is 26.7 Å². The van der Waals surface area contributed by atoms with E-state index in [1.54, 1.807) is 25.1 Å². The van der Waals surface area contributed by atoms with Crippen molar-refractivity contribution in [2.24, 2.45) is 0 Å². The predicted octanol–water partition coefficient (Wildman–Crippen LogP) is 5.44. The van der Waals surface area contributed by atoms with Gasteiger partial charge in [-0.3, -0.25) is 15.1 Å². The predicted molar refractivity (Wildman–Crippen MR) is 118 cm³/mol. The summed E-state index contributed by atoms with van der Waals surface area (Å²) in [5.74, 6) is -1.29. The standard InChI is InChI=1S/C25H24F5N3O/c1-15-12-17(8-9-20(15)27)21(10-6-16-7-11-22(32-14-16)25(28,29)30)33-23(24(34)31-2)18-4-3-5-19(26)13-18/h3-5,7-9,11-14,21,23,33H,6,10H2,1-2H3,(H,31,34). The minimum atomic E-state index is -4.53. The monoisotopic (exact) mass is 477 g/mol. The normalized spacial score (nSPS) is 13.4. The first-order chi connectivity index (χ1) is 16.1. The van der Waals surface area contributed by atoms with Crippen molar-refractivity contribution in [2.75, 3.05) is 7.05 Å². The highest BCUT2D eigenvalue weighted by Crippen LogP contribution is 2.29. The number of pyridine rings is 1. The van der Waals surface area contributed by atoms with Gasteiger partial charge in [-0.2, -0.15) is 13.2 Å². The van der Waals surface area contributed by atoms with Crippen LogP contribution >= 0.6 is 0 Å². The highest BCUT2D eigenvalue weighted by molar-refractivity contribution is 5.83. The van der Waals surface area contributed by atoms with Crippen molar-refractivity contribution in [1.29, 1.82) is 0 Å². The molecule has 0 saturated carbocycles. The molecule has 3 rings (SSSR count). The summed E-state index contributed by atoms with van der Waals surface area (Å²) in [6.45, 7) is 1.61. The molecule has 0 fully saturated rings. The van der Waals surface area contributed by atoms with Gasteiger partial charge in [0.1, 0.15) is 23.4 Å². The third-order valence-corrected chi connectivity index (χ3v) is 5.48. The summed E-state index contributed by atoms with van der Waals surface area (Å²) >= 11 is 0. The molecule has 1 amide bonds. The second-order valence-electron chi connectivity index (χ2n) is 7.92. The average Bonchev–Trinajstić information content (AvgIpc) is 2.80. The Morgan fingerprint density at radius 1 is 1.03 bits per heavy atom. The van der Waals surface area contributed by atoms with E-state index in [0.29, 0.717) is 35.1 Å². The molecule has 4 nitrogen and oxygen atoms in total. The van der Waals surface area contributed by atoms with Crippen molar-refractivity contribution in [3.05, 3.63) is 100 Å². The number of amides is 1. The molecule has 1 heterocycles. The summed E-state index contributed by atoms with van der Waals surface area (Å²) in [4.78, 5) is 16.1. The molecule has 1 aromatic heterocycles. The second kappa shape index (κ2) is 10.7. The summed E-state index contributed by atoms with van der Waals surface area (Å²) in [6.07, 6.45) is -2.66. The smallest absolute Gasteiger partial charge is 0.358 e. The molecule has 2 atom stereocenters. The number of aromatic nitrogens is 1. The first kappa shape index (κ1) is 25.3. The number of carbonyl (C=O) groups excluding carboxylic acids is 1. The van der Waals surface area contributed by atoms with Crippen molar-refractivity contribution in [3.63, 3.8) is 0 Å². The van der Waals surface area contributed by atoms with Crippen LogP contribution in [0, 0.1) is 18.6 Å². The molecule has 9 heteroatoms. The Morgan fingerprint density at radius 2 is 1.79 bits per heavy atom. The number of benzene rings is 2. The Kier molecular flexibility index (Phi) is 7.98. The Morgan fingerprint density at radius 3 is 2.38 bits per heavy atom.